The van der Waals surface area contributed by atoms with Gasteiger partial charge in [0.2, 0.25) is 0 Å². The summed E-state index contributed by atoms with van der Waals surface area (Å²) >= 11 is 0. The van der Waals surface area contributed by atoms with Crippen LogP contribution >= 0.6 is 0 Å². The van der Waals surface area contributed by atoms with Crippen molar-refractivity contribution >= 4 is 0 Å². The van der Waals surface area contributed by atoms with Crippen molar-refractivity contribution in [1.82, 2.24) is 9.80 Å². The number of nitrogens with zero attached hydrogens (tertiary/aromatic N) is 2. The first-order chi connectivity index (χ1) is 17.3. The summed E-state index contributed by atoms with van der Waals surface area (Å²) in [4.78, 5) is 5.52. The van der Waals surface area contributed by atoms with Crippen LogP contribution in [-0.2, 0) is 0 Å². The first kappa shape index (κ1) is 24.3. The van der Waals surface area contributed by atoms with Crippen LogP contribution in [-0.4, -0.2) is 48.6 Å². The SMILES string of the molecule is CCCCN1CCC(N2CCC(C(c3ccccc3)c3ccc(-c4ccccc4)cc3)CC2)CC1. The summed E-state index contributed by atoms with van der Waals surface area (Å²) < 4.78 is 0. The quantitative estimate of drug-likeness (QED) is 0.340. The Hall–Kier alpha value is -2.42. The zero-order valence-electron chi connectivity index (χ0n) is 21.5. The molecule has 5 rings (SSSR count). The van der Waals surface area contributed by atoms with Crippen molar-refractivity contribution in [2.75, 3.05) is 32.7 Å². The Labute approximate surface area is 213 Å². The van der Waals surface area contributed by atoms with E-state index in [0.717, 1.165) is 6.04 Å². The Morgan fingerprint density at radius 2 is 1.23 bits per heavy atom. The molecule has 3 aromatic carbocycles. The second-order valence-corrected chi connectivity index (χ2v) is 10.7. The highest BCUT2D eigenvalue weighted by molar-refractivity contribution is 5.63. The molecule has 2 aliphatic rings. The van der Waals surface area contributed by atoms with Crippen LogP contribution in [0.3, 0.4) is 0 Å². The Morgan fingerprint density at radius 1 is 0.657 bits per heavy atom. The van der Waals surface area contributed by atoms with Gasteiger partial charge in [-0.05, 0) is 93.0 Å². The largest absolute Gasteiger partial charge is 0.303 e. The number of hydrogen-bond donors (Lipinski definition) is 0. The fourth-order valence-corrected chi connectivity index (χ4v) is 6.42. The first-order valence-corrected chi connectivity index (χ1v) is 14.0. The van der Waals surface area contributed by atoms with E-state index in [0.29, 0.717) is 11.8 Å². The smallest absolute Gasteiger partial charge is 0.0120 e. The first-order valence-electron chi connectivity index (χ1n) is 14.0. The Balaban J connectivity index is 1.26. The summed E-state index contributed by atoms with van der Waals surface area (Å²) in [5.74, 6) is 1.19. The Bertz CT molecular complexity index is 998. The molecule has 2 heterocycles. The molecular formula is C33H42N2. The monoisotopic (exact) mass is 466 g/mol. The third-order valence-corrected chi connectivity index (χ3v) is 8.48. The van der Waals surface area contributed by atoms with Crippen LogP contribution in [0.2, 0.25) is 0 Å². The summed E-state index contributed by atoms with van der Waals surface area (Å²) in [5, 5.41) is 0. The molecule has 2 heteroatoms. The summed E-state index contributed by atoms with van der Waals surface area (Å²) in [6.07, 6.45) is 7.98. The molecule has 0 saturated carbocycles. The maximum atomic E-state index is 2.83. The topological polar surface area (TPSA) is 6.48 Å². The van der Waals surface area contributed by atoms with Crippen LogP contribution in [0, 0.1) is 5.92 Å². The lowest BCUT2D eigenvalue weighted by Gasteiger charge is -2.43. The molecule has 1 atom stereocenters. The van der Waals surface area contributed by atoms with Gasteiger partial charge in [-0.2, -0.15) is 0 Å². The molecule has 35 heavy (non-hydrogen) atoms. The van der Waals surface area contributed by atoms with Gasteiger partial charge >= 0.3 is 0 Å². The van der Waals surface area contributed by atoms with Crippen molar-refractivity contribution in [3.63, 3.8) is 0 Å². The fourth-order valence-electron chi connectivity index (χ4n) is 6.42. The van der Waals surface area contributed by atoms with Gasteiger partial charge in [0.1, 0.15) is 0 Å². The molecule has 0 aliphatic carbocycles. The van der Waals surface area contributed by atoms with Gasteiger partial charge in [-0.1, -0.05) is 98.3 Å². The molecule has 184 valence electrons. The van der Waals surface area contributed by atoms with Gasteiger partial charge < -0.3 is 9.80 Å². The van der Waals surface area contributed by atoms with Gasteiger partial charge in [0.05, 0.1) is 0 Å². The summed E-state index contributed by atoms with van der Waals surface area (Å²) in [7, 11) is 0. The maximum absolute atomic E-state index is 2.83. The molecule has 0 spiro atoms. The van der Waals surface area contributed by atoms with Crippen molar-refractivity contribution < 1.29 is 0 Å². The van der Waals surface area contributed by atoms with Crippen molar-refractivity contribution in [3.05, 3.63) is 96.1 Å². The van der Waals surface area contributed by atoms with E-state index >= 15 is 0 Å². The van der Waals surface area contributed by atoms with E-state index in [1.807, 2.05) is 0 Å². The molecule has 0 amide bonds. The highest BCUT2D eigenvalue weighted by Gasteiger charge is 2.32. The predicted octanol–water partition coefficient (Wildman–Crippen LogP) is 7.46. The number of hydrogen-bond acceptors (Lipinski definition) is 2. The number of unbranched alkanes of at least 4 members (excludes halogenated alkanes) is 1. The molecule has 2 saturated heterocycles. The van der Waals surface area contributed by atoms with Crippen LogP contribution < -0.4 is 0 Å². The van der Waals surface area contributed by atoms with Gasteiger partial charge in [-0.15, -0.1) is 0 Å². The molecular weight excluding hydrogens is 424 g/mol. The van der Waals surface area contributed by atoms with Gasteiger partial charge in [-0.3, -0.25) is 0 Å². The number of rotatable bonds is 8. The zero-order valence-corrected chi connectivity index (χ0v) is 21.5. The minimum atomic E-state index is 0.485. The Morgan fingerprint density at radius 3 is 1.86 bits per heavy atom. The zero-order chi connectivity index (χ0) is 23.9. The summed E-state index contributed by atoms with van der Waals surface area (Å²) in [6, 6.07) is 32.2. The Kier molecular flexibility index (Phi) is 8.33. The lowest BCUT2D eigenvalue weighted by molar-refractivity contribution is 0.0745. The van der Waals surface area contributed by atoms with Crippen LogP contribution in [0.4, 0.5) is 0 Å². The van der Waals surface area contributed by atoms with E-state index < -0.39 is 0 Å². The highest BCUT2D eigenvalue weighted by Crippen LogP contribution is 2.39. The minimum Gasteiger partial charge on any atom is -0.303 e. The molecule has 2 aliphatic heterocycles. The van der Waals surface area contributed by atoms with E-state index in [4.69, 9.17) is 0 Å². The average Bonchev–Trinajstić information content (AvgIpc) is 2.94. The second-order valence-electron chi connectivity index (χ2n) is 10.7. The van der Waals surface area contributed by atoms with Crippen molar-refractivity contribution in [2.45, 2.75) is 57.4 Å². The highest BCUT2D eigenvalue weighted by atomic mass is 15.2. The van der Waals surface area contributed by atoms with E-state index in [-0.39, 0.29) is 0 Å². The van der Waals surface area contributed by atoms with Crippen LogP contribution in [0.5, 0.6) is 0 Å². The van der Waals surface area contributed by atoms with Crippen molar-refractivity contribution in [1.29, 1.82) is 0 Å². The third kappa shape index (κ3) is 6.05. The number of benzene rings is 3. The molecule has 3 aromatic rings. The van der Waals surface area contributed by atoms with Gasteiger partial charge in [0.15, 0.2) is 0 Å². The molecule has 0 aromatic heterocycles. The molecule has 2 fully saturated rings. The van der Waals surface area contributed by atoms with E-state index in [1.54, 1.807) is 0 Å². The van der Waals surface area contributed by atoms with Crippen LogP contribution in [0.1, 0.15) is 62.5 Å². The molecule has 1 unspecified atom stereocenters. The maximum Gasteiger partial charge on any atom is 0.0120 e. The van der Waals surface area contributed by atoms with E-state index in [2.05, 4.69) is 102 Å². The normalized spacial score (nSPS) is 19.6. The van der Waals surface area contributed by atoms with Gasteiger partial charge in [0.25, 0.3) is 0 Å². The van der Waals surface area contributed by atoms with Gasteiger partial charge in [-0.25, -0.2) is 0 Å². The fraction of sp³-hybridized carbons (Fsp3) is 0.455. The average molecular weight is 467 g/mol. The number of piperidine rings is 2. The van der Waals surface area contributed by atoms with Crippen molar-refractivity contribution in [2.24, 2.45) is 5.92 Å². The summed E-state index contributed by atoms with van der Waals surface area (Å²) in [6.45, 7) is 8.71. The summed E-state index contributed by atoms with van der Waals surface area (Å²) in [5.41, 5.74) is 5.55. The van der Waals surface area contributed by atoms with Crippen LogP contribution in [0.15, 0.2) is 84.9 Å². The van der Waals surface area contributed by atoms with Gasteiger partial charge in [0, 0.05) is 12.0 Å². The van der Waals surface area contributed by atoms with Crippen LogP contribution in [0.25, 0.3) is 11.1 Å². The standard InChI is InChI=1S/C33H42N2/c1-2-3-22-34-23-20-32(21-24-34)35-25-18-31(19-26-35)33(29-12-8-5-9-13-29)30-16-14-28(15-17-30)27-10-6-4-7-11-27/h4-17,31-33H,2-3,18-26H2,1H3. The number of likely N-dealkylation sites (tertiary alicyclic amines) is 2. The molecule has 0 N–H and O–H groups in total. The van der Waals surface area contributed by atoms with Crippen molar-refractivity contribution in [3.8, 4) is 11.1 Å². The molecule has 0 bridgehead atoms. The predicted molar refractivity (Wildman–Crippen MR) is 149 cm³/mol. The minimum absolute atomic E-state index is 0.485. The third-order valence-electron chi connectivity index (χ3n) is 8.48. The lowest BCUT2D eigenvalue weighted by atomic mass is 9.75. The molecule has 0 radical (unpaired) electrons. The van der Waals surface area contributed by atoms with E-state index in [9.17, 15) is 0 Å². The van der Waals surface area contributed by atoms with E-state index in [1.165, 1.54) is 93.5 Å². The second kappa shape index (κ2) is 12.0. The lowest BCUT2D eigenvalue weighted by Crippen LogP contribution is -2.48. The molecule has 2 nitrogen and oxygen atoms in total.